The number of aromatic carboxylic acids is 1. The van der Waals surface area contributed by atoms with Gasteiger partial charge in [0, 0.05) is 11.8 Å². The van der Waals surface area contributed by atoms with Crippen molar-refractivity contribution in [2.45, 2.75) is 12.8 Å². The maximum atomic E-state index is 11.9. The Hall–Kier alpha value is -2.63. The lowest BCUT2D eigenvalue weighted by Gasteiger charge is -2.09. The Kier molecular flexibility index (Phi) is 3.61. The van der Waals surface area contributed by atoms with E-state index in [2.05, 4.69) is 10.3 Å². The number of carbonyl (C=O) groups excluding carboxylic acids is 1. The summed E-state index contributed by atoms with van der Waals surface area (Å²) in [5.74, 6) is -1.36. The molecule has 0 fully saturated rings. The van der Waals surface area contributed by atoms with Gasteiger partial charge in [0.25, 0.3) is 0 Å². The number of furan rings is 1. The summed E-state index contributed by atoms with van der Waals surface area (Å²) < 4.78 is 4.92. The third kappa shape index (κ3) is 2.98. The molecular weight excluding hydrogens is 248 g/mol. The number of rotatable bonds is 4. The second-order valence-electron chi connectivity index (χ2n) is 4.00. The van der Waals surface area contributed by atoms with Gasteiger partial charge in [0.1, 0.15) is 5.82 Å². The molecule has 0 aromatic carbocycles. The molecule has 1 amide bonds. The zero-order valence-electron chi connectivity index (χ0n) is 10.2. The molecule has 98 valence electrons. The van der Waals surface area contributed by atoms with Gasteiger partial charge in [-0.05, 0) is 25.1 Å². The third-order valence-corrected chi connectivity index (χ3v) is 2.70. The lowest BCUT2D eigenvalue weighted by atomic mass is 10.0. The van der Waals surface area contributed by atoms with Gasteiger partial charge < -0.3 is 14.8 Å². The van der Waals surface area contributed by atoms with Crippen LogP contribution in [-0.4, -0.2) is 22.0 Å². The summed E-state index contributed by atoms with van der Waals surface area (Å²) in [5, 5.41) is 11.3. The van der Waals surface area contributed by atoms with Crippen LogP contribution in [0.2, 0.25) is 0 Å². The minimum absolute atomic E-state index is 0.0703. The molecule has 0 radical (unpaired) electrons. The quantitative estimate of drug-likeness (QED) is 0.878. The SMILES string of the molecule is CC(C(=O)Nc1ccc(C(=O)O)cn1)c1ccoc1. The van der Waals surface area contributed by atoms with E-state index >= 15 is 0 Å². The van der Waals surface area contributed by atoms with Crippen LogP contribution in [0.15, 0.2) is 41.3 Å². The second-order valence-corrected chi connectivity index (χ2v) is 4.00. The van der Waals surface area contributed by atoms with Crippen molar-refractivity contribution in [3.05, 3.63) is 48.0 Å². The Bertz CT molecular complexity index is 575. The van der Waals surface area contributed by atoms with E-state index in [4.69, 9.17) is 9.52 Å². The van der Waals surface area contributed by atoms with E-state index in [1.165, 1.54) is 30.9 Å². The van der Waals surface area contributed by atoms with Gasteiger partial charge in [0.05, 0.1) is 24.0 Å². The molecule has 1 unspecified atom stereocenters. The molecular formula is C13H12N2O4. The zero-order chi connectivity index (χ0) is 13.8. The smallest absolute Gasteiger partial charge is 0.337 e. The Morgan fingerprint density at radius 3 is 2.68 bits per heavy atom. The van der Waals surface area contributed by atoms with Crippen molar-refractivity contribution in [3.63, 3.8) is 0 Å². The first-order valence-corrected chi connectivity index (χ1v) is 5.60. The molecule has 0 aliphatic heterocycles. The number of carboxylic acids is 1. The fraction of sp³-hybridized carbons (Fsp3) is 0.154. The first-order valence-electron chi connectivity index (χ1n) is 5.60. The van der Waals surface area contributed by atoms with Crippen molar-refractivity contribution in [1.82, 2.24) is 4.98 Å². The summed E-state index contributed by atoms with van der Waals surface area (Å²) in [6.07, 6.45) is 4.20. The molecule has 6 nitrogen and oxygen atoms in total. The van der Waals surface area contributed by atoms with Crippen molar-refractivity contribution in [2.75, 3.05) is 5.32 Å². The number of aromatic nitrogens is 1. The van der Waals surface area contributed by atoms with Crippen LogP contribution < -0.4 is 5.32 Å². The predicted octanol–water partition coefficient (Wildman–Crippen LogP) is 2.12. The molecule has 0 bridgehead atoms. The zero-order valence-corrected chi connectivity index (χ0v) is 10.2. The highest BCUT2D eigenvalue weighted by atomic mass is 16.4. The third-order valence-electron chi connectivity index (χ3n) is 2.70. The molecule has 0 saturated heterocycles. The van der Waals surface area contributed by atoms with E-state index < -0.39 is 5.97 Å². The number of carbonyl (C=O) groups is 2. The standard InChI is InChI=1S/C13H12N2O4/c1-8(10-4-5-19-7-10)12(16)15-11-3-2-9(6-14-11)13(17)18/h2-8H,1H3,(H,17,18)(H,14,15,16). The highest BCUT2D eigenvalue weighted by Gasteiger charge is 2.16. The highest BCUT2D eigenvalue weighted by Crippen LogP contribution is 2.17. The number of anilines is 1. The van der Waals surface area contributed by atoms with E-state index in [9.17, 15) is 9.59 Å². The van der Waals surface area contributed by atoms with Crippen LogP contribution in [0.4, 0.5) is 5.82 Å². The van der Waals surface area contributed by atoms with Crippen LogP contribution in [0.5, 0.6) is 0 Å². The molecule has 0 spiro atoms. The lowest BCUT2D eigenvalue weighted by Crippen LogP contribution is -2.19. The van der Waals surface area contributed by atoms with Crippen molar-refractivity contribution in [3.8, 4) is 0 Å². The van der Waals surface area contributed by atoms with Crippen molar-refractivity contribution >= 4 is 17.7 Å². The molecule has 2 rings (SSSR count). The molecule has 2 aromatic rings. The molecule has 2 N–H and O–H groups in total. The van der Waals surface area contributed by atoms with Gasteiger partial charge in [-0.2, -0.15) is 0 Å². The Morgan fingerprint density at radius 2 is 2.16 bits per heavy atom. The summed E-state index contributed by atoms with van der Waals surface area (Å²) >= 11 is 0. The fourth-order valence-corrected chi connectivity index (χ4v) is 1.50. The number of hydrogen-bond acceptors (Lipinski definition) is 4. The molecule has 2 heterocycles. The van der Waals surface area contributed by atoms with Crippen LogP contribution in [-0.2, 0) is 4.79 Å². The van der Waals surface area contributed by atoms with Gasteiger partial charge in [-0.15, -0.1) is 0 Å². The molecule has 6 heteroatoms. The average molecular weight is 260 g/mol. The maximum Gasteiger partial charge on any atom is 0.337 e. The molecule has 0 saturated carbocycles. The lowest BCUT2D eigenvalue weighted by molar-refractivity contribution is -0.117. The van der Waals surface area contributed by atoms with Crippen molar-refractivity contribution < 1.29 is 19.1 Å². The molecule has 0 aliphatic carbocycles. The van der Waals surface area contributed by atoms with Crippen molar-refractivity contribution in [2.24, 2.45) is 0 Å². The van der Waals surface area contributed by atoms with Crippen LogP contribution in [0, 0.1) is 0 Å². The fourth-order valence-electron chi connectivity index (χ4n) is 1.50. The topological polar surface area (TPSA) is 92.4 Å². The predicted molar refractivity (Wildman–Crippen MR) is 66.9 cm³/mol. The van der Waals surface area contributed by atoms with Crippen molar-refractivity contribution in [1.29, 1.82) is 0 Å². The number of amides is 1. The van der Waals surface area contributed by atoms with E-state index in [-0.39, 0.29) is 17.4 Å². The monoisotopic (exact) mass is 260 g/mol. The number of hydrogen-bond donors (Lipinski definition) is 2. The largest absolute Gasteiger partial charge is 0.478 e. The van der Waals surface area contributed by atoms with Crippen LogP contribution in [0.1, 0.15) is 28.8 Å². The van der Waals surface area contributed by atoms with E-state index in [0.717, 1.165) is 5.56 Å². The normalized spacial score (nSPS) is 11.8. The van der Waals surface area contributed by atoms with Gasteiger partial charge >= 0.3 is 5.97 Å². The Morgan fingerprint density at radius 1 is 1.37 bits per heavy atom. The Balaban J connectivity index is 2.04. The number of pyridine rings is 1. The first kappa shape index (κ1) is 12.8. The summed E-state index contributed by atoms with van der Waals surface area (Å²) in [6.45, 7) is 1.74. The number of carboxylic acid groups (broad SMARTS) is 1. The van der Waals surface area contributed by atoms with E-state index in [1.54, 1.807) is 13.0 Å². The maximum absolute atomic E-state index is 11.9. The van der Waals surface area contributed by atoms with Gasteiger partial charge in [0.15, 0.2) is 0 Å². The van der Waals surface area contributed by atoms with E-state index in [1.807, 2.05) is 0 Å². The summed E-state index contributed by atoms with van der Waals surface area (Å²) in [5.41, 5.74) is 0.834. The molecule has 19 heavy (non-hydrogen) atoms. The summed E-state index contributed by atoms with van der Waals surface area (Å²) in [7, 11) is 0. The number of nitrogens with one attached hydrogen (secondary N) is 1. The number of nitrogens with zero attached hydrogens (tertiary/aromatic N) is 1. The van der Waals surface area contributed by atoms with Crippen LogP contribution in [0.25, 0.3) is 0 Å². The molecule has 2 aromatic heterocycles. The second kappa shape index (κ2) is 5.34. The minimum atomic E-state index is -1.06. The molecule has 1 atom stereocenters. The van der Waals surface area contributed by atoms with E-state index in [0.29, 0.717) is 5.82 Å². The van der Waals surface area contributed by atoms with Gasteiger partial charge in [-0.25, -0.2) is 9.78 Å². The van der Waals surface area contributed by atoms with Crippen LogP contribution >= 0.6 is 0 Å². The minimum Gasteiger partial charge on any atom is -0.478 e. The van der Waals surface area contributed by atoms with Crippen LogP contribution in [0.3, 0.4) is 0 Å². The molecule has 0 aliphatic rings. The first-order chi connectivity index (χ1) is 9.08. The Labute approximate surface area is 109 Å². The summed E-state index contributed by atoms with van der Waals surface area (Å²) in [6, 6.07) is 4.54. The van der Waals surface area contributed by atoms with Gasteiger partial charge in [-0.3, -0.25) is 4.79 Å². The van der Waals surface area contributed by atoms with Gasteiger partial charge in [-0.1, -0.05) is 0 Å². The summed E-state index contributed by atoms with van der Waals surface area (Å²) in [4.78, 5) is 26.4. The van der Waals surface area contributed by atoms with Gasteiger partial charge in [0.2, 0.25) is 5.91 Å². The average Bonchev–Trinajstić information content (AvgIpc) is 2.92. The highest BCUT2D eigenvalue weighted by molar-refractivity contribution is 5.95.